The Kier molecular flexibility index (Phi) is 5.25. The number of carbonyl (C=O) groups is 2. The second-order valence-corrected chi connectivity index (χ2v) is 6.64. The zero-order valence-electron chi connectivity index (χ0n) is 15.4. The maximum Gasteiger partial charge on any atom is 0.230 e. The maximum atomic E-state index is 12.9. The molecule has 0 spiro atoms. The normalized spacial score (nSPS) is 16.0. The van der Waals surface area contributed by atoms with E-state index in [0.29, 0.717) is 18.0 Å². The van der Waals surface area contributed by atoms with Gasteiger partial charge in [-0.25, -0.2) is 0 Å². The van der Waals surface area contributed by atoms with E-state index in [1.165, 1.54) is 0 Å². The number of ether oxygens (including phenoxy) is 1. The van der Waals surface area contributed by atoms with Crippen molar-refractivity contribution in [3.8, 4) is 5.75 Å². The van der Waals surface area contributed by atoms with Gasteiger partial charge in [0.1, 0.15) is 5.75 Å². The first kappa shape index (κ1) is 18.0. The van der Waals surface area contributed by atoms with E-state index in [9.17, 15) is 9.59 Å². The number of fused-ring (bicyclic) bond motifs is 1. The van der Waals surface area contributed by atoms with Crippen molar-refractivity contribution in [2.45, 2.75) is 25.2 Å². The van der Waals surface area contributed by atoms with Crippen LogP contribution < -0.4 is 10.1 Å². The number of hydrogen-bond acceptors (Lipinski definition) is 4. The molecule has 0 bridgehead atoms. The van der Waals surface area contributed by atoms with E-state index >= 15 is 0 Å². The van der Waals surface area contributed by atoms with Crippen LogP contribution in [0.3, 0.4) is 0 Å². The first-order chi connectivity index (χ1) is 12.5. The lowest BCUT2D eigenvalue weighted by Gasteiger charge is -2.29. The maximum absolute atomic E-state index is 12.9. The molecule has 0 saturated carbocycles. The average Bonchev–Trinajstić information content (AvgIpc) is 3.05. The van der Waals surface area contributed by atoms with Crippen LogP contribution in [0.5, 0.6) is 5.75 Å². The Morgan fingerprint density at radius 2 is 2.27 bits per heavy atom. The molecule has 1 atom stereocenters. The standard InChI is InChI=1S/C19H24N4O3/c1-22(8-4-5-13-11-20-23(2)12-13)19(25)16-10-18(24)21-17-7-6-14(26-3)9-15(16)17/h6-7,9,11-12,16H,4-5,8,10H2,1-3H3,(H,21,24). The van der Waals surface area contributed by atoms with Crippen molar-refractivity contribution >= 4 is 17.5 Å². The molecule has 0 aliphatic carbocycles. The molecular formula is C19H24N4O3. The molecule has 1 aliphatic rings. The highest BCUT2D eigenvalue weighted by atomic mass is 16.5. The van der Waals surface area contributed by atoms with Crippen LogP contribution in [-0.2, 0) is 23.1 Å². The van der Waals surface area contributed by atoms with Crippen molar-refractivity contribution in [3.05, 3.63) is 41.7 Å². The highest BCUT2D eigenvalue weighted by Crippen LogP contribution is 2.35. The molecule has 1 aliphatic heterocycles. The molecular weight excluding hydrogens is 332 g/mol. The number of aryl methyl sites for hydroxylation is 2. The summed E-state index contributed by atoms with van der Waals surface area (Å²) in [6.07, 6.45) is 5.69. The fourth-order valence-corrected chi connectivity index (χ4v) is 3.28. The molecule has 0 saturated heterocycles. The number of hydrogen-bond donors (Lipinski definition) is 1. The average molecular weight is 356 g/mol. The molecule has 1 unspecified atom stereocenters. The molecule has 0 fully saturated rings. The lowest BCUT2D eigenvalue weighted by atomic mass is 9.89. The number of nitrogens with one attached hydrogen (secondary N) is 1. The summed E-state index contributed by atoms with van der Waals surface area (Å²) in [6, 6.07) is 5.40. The molecule has 2 amide bonds. The molecule has 7 nitrogen and oxygen atoms in total. The zero-order chi connectivity index (χ0) is 18.7. The van der Waals surface area contributed by atoms with E-state index < -0.39 is 5.92 Å². The van der Waals surface area contributed by atoms with E-state index in [1.54, 1.807) is 35.9 Å². The Morgan fingerprint density at radius 3 is 2.96 bits per heavy atom. The molecule has 7 heteroatoms. The minimum absolute atomic E-state index is 0.0412. The van der Waals surface area contributed by atoms with Gasteiger partial charge in [0.05, 0.1) is 19.2 Å². The number of nitrogens with zero attached hydrogens (tertiary/aromatic N) is 3. The molecule has 26 heavy (non-hydrogen) atoms. The summed E-state index contributed by atoms with van der Waals surface area (Å²) in [7, 11) is 5.27. The van der Waals surface area contributed by atoms with Crippen molar-refractivity contribution < 1.29 is 14.3 Å². The lowest BCUT2D eigenvalue weighted by Crippen LogP contribution is -2.37. The number of likely N-dealkylation sites (N-methyl/N-ethyl adjacent to an activating group) is 1. The second kappa shape index (κ2) is 7.59. The highest BCUT2D eigenvalue weighted by Gasteiger charge is 2.32. The summed E-state index contributed by atoms with van der Waals surface area (Å²) < 4.78 is 7.04. The minimum Gasteiger partial charge on any atom is -0.497 e. The molecule has 0 radical (unpaired) electrons. The van der Waals surface area contributed by atoms with Gasteiger partial charge in [0.2, 0.25) is 11.8 Å². The van der Waals surface area contributed by atoms with Crippen LogP contribution in [0.4, 0.5) is 5.69 Å². The Hall–Kier alpha value is -2.83. The third-order valence-electron chi connectivity index (χ3n) is 4.69. The minimum atomic E-state index is -0.475. The van der Waals surface area contributed by atoms with Crippen LogP contribution in [0.2, 0.25) is 0 Å². The van der Waals surface area contributed by atoms with Crippen LogP contribution in [-0.4, -0.2) is 47.2 Å². The van der Waals surface area contributed by atoms with Gasteiger partial charge in [0.25, 0.3) is 0 Å². The third-order valence-corrected chi connectivity index (χ3v) is 4.69. The predicted molar refractivity (Wildman–Crippen MR) is 98.1 cm³/mol. The van der Waals surface area contributed by atoms with Gasteiger partial charge >= 0.3 is 0 Å². The molecule has 138 valence electrons. The summed E-state index contributed by atoms with van der Waals surface area (Å²) in [5, 5.41) is 6.98. The van der Waals surface area contributed by atoms with Crippen LogP contribution in [0.25, 0.3) is 0 Å². The summed E-state index contributed by atoms with van der Waals surface area (Å²) in [5.74, 6) is 0.0273. The van der Waals surface area contributed by atoms with Crippen LogP contribution in [0.15, 0.2) is 30.6 Å². The van der Waals surface area contributed by atoms with Crippen LogP contribution >= 0.6 is 0 Å². The second-order valence-electron chi connectivity index (χ2n) is 6.64. The summed E-state index contributed by atoms with van der Waals surface area (Å²) in [4.78, 5) is 26.6. The Morgan fingerprint density at radius 1 is 1.46 bits per heavy atom. The molecule has 1 aromatic heterocycles. The van der Waals surface area contributed by atoms with Gasteiger partial charge in [-0.2, -0.15) is 5.10 Å². The third kappa shape index (κ3) is 3.87. The first-order valence-corrected chi connectivity index (χ1v) is 8.68. The Balaban J connectivity index is 1.67. The van der Waals surface area contributed by atoms with Gasteiger partial charge in [-0.15, -0.1) is 0 Å². The van der Waals surface area contributed by atoms with E-state index in [2.05, 4.69) is 10.4 Å². The fraction of sp³-hybridized carbons (Fsp3) is 0.421. The molecule has 2 heterocycles. The predicted octanol–water partition coefficient (Wildman–Crippen LogP) is 1.95. The summed E-state index contributed by atoms with van der Waals surface area (Å²) in [6.45, 7) is 0.630. The topological polar surface area (TPSA) is 76.5 Å². The van der Waals surface area contributed by atoms with E-state index in [1.807, 2.05) is 25.5 Å². The van der Waals surface area contributed by atoms with Gasteiger partial charge in [0, 0.05) is 38.9 Å². The smallest absolute Gasteiger partial charge is 0.230 e. The number of anilines is 1. The molecule has 1 aromatic carbocycles. The van der Waals surface area contributed by atoms with Crippen molar-refractivity contribution in [2.75, 3.05) is 26.0 Å². The number of benzene rings is 1. The van der Waals surface area contributed by atoms with Crippen LogP contribution in [0, 0.1) is 0 Å². The summed E-state index contributed by atoms with van der Waals surface area (Å²) in [5.41, 5.74) is 2.65. The largest absolute Gasteiger partial charge is 0.497 e. The Labute approximate surface area is 152 Å². The van der Waals surface area contributed by atoms with Crippen molar-refractivity contribution in [1.82, 2.24) is 14.7 Å². The van der Waals surface area contributed by atoms with E-state index in [-0.39, 0.29) is 18.2 Å². The van der Waals surface area contributed by atoms with Gasteiger partial charge in [-0.1, -0.05) is 0 Å². The number of methoxy groups -OCH3 is 1. The van der Waals surface area contributed by atoms with E-state index in [0.717, 1.165) is 24.0 Å². The van der Waals surface area contributed by atoms with E-state index in [4.69, 9.17) is 4.74 Å². The molecule has 3 rings (SSSR count). The fourth-order valence-electron chi connectivity index (χ4n) is 3.28. The number of carbonyl (C=O) groups excluding carboxylic acids is 2. The van der Waals surface area contributed by atoms with Gasteiger partial charge < -0.3 is 15.0 Å². The number of rotatable bonds is 6. The SMILES string of the molecule is COc1ccc2c(c1)C(C(=O)N(C)CCCc1cnn(C)c1)CC(=O)N2. The highest BCUT2D eigenvalue weighted by molar-refractivity contribution is 6.01. The van der Waals surface area contributed by atoms with Crippen molar-refractivity contribution in [2.24, 2.45) is 7.05 Å². The monoisotopic (exact) mass is 356 g/mol. The summed E-state index contributed by atoms with van der Waals surface area (Å²) >= 11 is 0. The number of amides is 2. The quantitative estimate of drug-likeness (QED) is 0.858. The van der Waals surface area contributed by atoms with Gasteiger partial charge in [0.15, 0.2) is 0 Å². The Bertz CT molecular complexity index is 815. The first-order valence-electron chi connectivity index (χ1n) is 8.68. The molecule has 2 aromatic rings. The lowest BCUT2D eigenvalue weighted by molar-refractivity contribution is -0.133. The van der Waals surface area contributed by atoms with Gasteiger partial charge in [-0.05, 0) is 42.2 Å². The molecule has 1 N–H and O–H groups in total. The number of aromatic nitrogens is 2. The van der Waals surface area contributed by atoms with Crippen LogP contribution in [0.1, 0.15) is 29.9 Å². The van der Waals surface area contributed by atoms with Crippen molar-refractivity contribution in [3.63, 3.8) is 0 Å². The van der Waals surface area contributed by atoms with Crippen molar-refractivity contribution in [1.29, 1.82) is 0 Å². The van der Waals surface area contributed by atoms with Gasteiger partial charge in [-0.3, -0.25) is 14.3 Å². The zero-order valence-corrected chi connectivity index (χ0v) is 15.4.